The zero-order valence-corrected chi connectivity index (χ0v) is 13.4. The Kier molecular flexibility index (Phi) is 4.49. The van der Waals surface area contributed by atoms with Crippen molar-refractivity contribution in [2.45, 2.75) is 11.8 Å². The Balaban J connectivity index is 2.38. The van der Waals surface area contributed by atoms with E-state index in [4.69, 9.17) is 34.8 Å². The van der Waals surface area contributed by atoms with Crippen molar-refractivity contribution in [1.29, 1.82) is 0 Å². The van der Waals surface area contributed by atoms with Gasteiger partial charge in [0.1, 0.15) is 4.90 Å². The quantitative estimate of drug-likeness (QED) is 0.867. The average Bonchev–Trinajstić information content (AvgIpc) is 2.33. The number of anilines is 1. The lowest BCUT2D eigenvalue weighted by molar-refractivity contribution is 0.601. The minimum Gasteiger partial charge on any atom is -0.280 e. The molecule has 0 heterocycles. The normalized spacial score (nSPS) is 11.4. The molecule has 0 atom stereocenters. The van der Waals surface area contributed by atoms with Gasteiger partial charge in [0.05, 0.1) is 10.7 Å². The van der Waals surface area contributed by atoms with Crippen molar-refractivity contribution in [3.8, 4) is 0 Å². The van der Waals surface area contributed by atoms with Crippen LogP contribution in [0.5, 0.6) is 0 Å². The largest absolute Gasteiger partial charge is 0.280 e. The highest BCUT2D eigenvalue weighted by molar-refractivity contribution is 7.92. The van der Waals surface area contributed by atoms with Crippen LogP contribution in [0.2, 0.25) is 15.1 Å². The molecule has 0 saturated carbocycles. The molecule has 0 radical (unpaired) electrons. The molecule has 0 aliphatic rings. The maximum Gasteiger partial charge on any atom is 0.263 e. The van der Waals surface area contributed by atoms with E-state index in [2.05, 4.69) is 4.72 Å². The van der Waals surface area contributed by atoms with Crippen LogP contribution in [0, 0.1) is 6.92 Å². The van der Waals surface area contributed by atoms with Crippen molar-refractivity contribution in [3.05, 3.63) is 57.0 Å². The molecule has 0 bridgehead atoms. The number of benzene rings is 2. The molecule has 0 unspecified atom stereocenters. The number of hydrogen-bond donors (Lipinski definition) is 1. The van der Waals surface area contributed by atoms with Crippen LogP contribution >= 0.6 is 34.8 Å². The number of hydrogen-bond acceptors (Lipinski definition) is 2. The summed E-state index contributed by atoms with van der Waals surface area (Å²) < 4.78 is 26.9. The van der Waals surface area contributed by atoms with E-state index >= 15 is 0 Å². The molecule has 2 rings (SSSR count). The summed E-state index contributed by atoms with van der Waals surface area (Å²) in [5.74, 6) is 0. The lowest BCUT2D eigenvalue weighted by Gasteiger charge is -2.10. The molecule has 0 aliphatic heterocycles. The highest BCUT2D eigenvalue weighted by atomic mass is 35.5. The van der Waals surface area contributed by atoms with Crippen LogP contribution in [0.3, 0.4) is 0 Å². The second-order valence-corrected chi connectivity index (χ2v) is 7.05. The van der Waals surface area contributed by atoms with Gasteiger partial charge >= 0.3 is 0 Å². The van der Waals surface area contributed by atoms with Gasteiger partial charge in [0.25, 0.3) is 10.0 Å². The summed E-state index contributed by atoms with van der Waals surface area (Å²) >= 11 is 17.6. The third-order valence-corrected chi connectivity index (χ3v) is 5.11. The molecule has 0 aromatic heterocycles. The molecule has 20 heavy (non-hydrogen) atoms. The fourth-order valence-corrected chi connectivity index (χ4v) is 3.56. The first-order chi connectivity index (χ1) is 9.29. The summed E-state index contributed by atoms with van der Waals surface area (Å²) in [6, 6.07) is 9.08. The topological polar surface area (TPSA) is 46.2 Å². The lowest BCUT2D eigenvalue weighted by Crippen LogP contribution is -2.13. The minimum atomic E-state index is -3.79. The predicted molar refractivity (Wildman–Crippen MR) is 83.5 cm³/mol. The summed E-state index contributed by atoms with van der Waals surface area (Å²) in [5.41, 5.74) is 1.23. The van der Waals surface area contributed by atoms with Crippen molar-refractivity contribution in [1.82, 2.24) is 0 Å². The first-order valence-corrected chi connectivity index (χ1v) is 8.15. The van der Waals surface area contributed by atoms with E-state index in [9.17, 15) is 8.42 Å². The minimum absolute atomic E-state index is 0.0414. The molecular formula is C13H10Cl3NO2S. The second-order valence-electron chi connectivity index (χ2n) is 4.14. The SMILES string of the molecule is Cc1ccc(NS(=O)(=O)c2ccc(Cl)cc2Cl)cc1Cl. The average molecular weight is 351 g/mol. The predicted octanol–water partition coefficient (Wildman–Crippen LogP) is 4.76. The van der Waals surface area contributed by atoms with Crippen molar-refractivity contribution < 1.29 is 8.42 Å². The fraction of sp³-hybridized carbons (Fsp3) is 0.0769. The Morgan fingerprint density at radius 3 is 2.25 bits per heavy atom. The molecule has 2 aromatic rings. The molecule has 7 heteroatoms. The third kappa shape index (κ3) is 3.38. The van der Waals surface area contributed by atoms with Crippen molar-refractivity contribution in [3.63, 3.8) is 0 Å². The van der Waals surface area contributed by atoms with E-state index in [1.807, 2.05) is 6.92 Å². The number of aryl methyl sites for hydroxylation is 1. The maximum atomic E-state index is 12.2. The van der Waals surface area contributed by atoms with Crippen LogP contribution in [0.15, 0.2) is 41.3 Å². The Hall–Kier alpha value is -0.940. The fourth-order valence-electron chi connectivity index (χ4n) is 1.56. The van der Waals surface area contributed by atoms with E-state index < -0.39 is 10.0 Å². The van der Waals surface area contributed by atoms with Crippen molar-refractivity contribution in [2.24, 2.45) is 0 Å². The number of rotatable bonds is 3. The van der Waals surface area contributed by atoms with Gasteiger partial charge in [-0.15, -0.1) is 0 Å². The van der Waals surface area contributed by atoms with Gasteiger partial charge in [-0.1, -0.05) is 40.9 Å². The Bertz CT molecular complexity index is 760. The summed E-state index contributed by atoms with van der Waals surface area (Å²) in [4.78, 5) is -0.0414. The number of sulfonamides is 1. The van der Waals surface area contributed by atoms with Gasteiger partial charge in [0, 0.05) is 10.0 Å². The van der Waals surface area contributed by atoms with Gasteiger partial charge in [0.15, 0.2) is 0 Å². The molecule has 0 amide bonds. The van der Waals surface area contributed by atoms with Gasteiger partial charge in [-0.2, -0.15) is 0 Å². The van der Waals surface area contributed by atoms with Crippen LogP contribution in [0.25, 0.3) is 0 Å². The molecular weight excluding hydrogens is 341 g/mol. The van der Waals surface area contributed by atoms with Crippen LogP contribution in [-0.2, 0) is 10.0 Å². The van der Waals surface area contributed by atoms with E-state index in [1.165, 1.54) is 24.3 Å². The van der Waals surface area contributed by atoms with Crippen molar-refractivity contribution >= 4 is 50.5 Å². The van der Waals surface area contributed by atoms with Crippen LogP contribution in [0.1, 0.15) is 5.56 Å². The zero-order valence-electron chi connectivity index (χ0n) is 10.3. The molecule has 0 spiro atoms. The molecule has 3 nitrogen and oxygen atoms in total. The highest BCUT2D eigenvalue weighted by Crippen LogP contribution is 2.28. The molecule has 0 fully saturated rings. The first kappa shape index (κ1) is 15.4. The van der Waals surface area contributed by atoms with E-state index in [0.29, 0.717) is 15.7 Å². The Labute approximate surface area is 132 Å². The number of nitrogens with one attached hydrogen (secondary N) is 1. The third-order valence-electron chi connectivity index (χ3n) is 2.61. The van der Waals surface area contributed by atoms with E-state index in [-0.39, 0.29) is 9.92 Å². The summed E-state index contributed by atoms with van der Waals surface area (Å²) in [6.45, 7) is 1.83. The van der Waals surface area contributed by atoms with Gasteiger partial charge in [0.2, 0.25) is 0 Å². The standard InChI is InChI=1S/C13H10Cl3NO2S/c1-8-2-4-10(7-11(8)15)17-20(18,19)13-5-3-9(14)6-12(13)16/h2-7,17H,1H3. The maximum absolute atomic E-state index is 12.2. The molecule has 2 aromatic carbocycles. The second kappa shape index (κ2) is 5.82. The van der Waals surface area contributed by atoms with Crippen LogP contribution in [-0.4, -0.2) is 8.42 Å². The zero-order chi connectivity index (χ0) is 14.9. The van der Waals surface area contributed by atoms with E-state index in [1.54, 1.807) is 12.1 Å². The van der Waals surface area contributed by atoms with Gasteiger partial charge in [-0.05, 0) is 42.8 Å². The molecule has 0 aliphatic carbocycles. The van der Waals surface area contributed by atoms with Crippen molar-refractivity contribution in [2.75, 3.05) is 4.72 Å². The highest BCUT2D eigenvalue weighted by Gasteiger charge is 2.18. The monoisotopic (exact) mass is 349 g/mol. The Morgan fingerprint density at radius 2 is 1.65 bits per heavy atom. The summed E-state index contributed by atoms with van der Waals surface area (Å²) in [7, 11) is -3.79. The smallest absolute Gasteiger partial charge is 0.263 e. The van der Waals surface area contributed by atoms with Gasteiger partial charge in [-0.25, -0.2) is 8.42 Å². The summed E-state index contributed by atoms with van der Waals surface area (Å²) in [6.07, 6.45) is 0. The Morgan fingerprint density at radius 1 is 0.950 bits per heavy atom. The molecule has 1 N–H and O–H groups in total. The van der Waals surface area contributed by atoms with Crippen LogP contribution < -0.4 is 4.72 Å². The van der Waals surface area contributed by atoms with Gasteiger partial charge in [-0.3, -0.25) is 4.72 Å². The molecule has 0 saturated heterocycles. The number of halogens is 3. The van der Waals surface area contributed by atoms with Gasteiger partial charge < -0.3 is 0 Å². The first-order valence-electron chi connectivity index (χ1n) is 5.53. The lowest BCUT2D eigenvalue weighted by atomic mass is 10.2. The molecule has 106 valence electrons. The summed E-state index contributed by atoms with van der Waals surface area (Å²) in [5, 5.41) is 0.906. The van der Waals surface area contributed by atoms with E-state index in [0.717, 1.165) is 5.56 Å². The van der Waals surface area contributed by atoms with Crippen LogP contribution in [0.4, 0.5) is 5.69 Å².